The maximum Gasteiger partial charge on any atom is 0.168 e. The van der Waals surface area contributed by atoms with E-state index in [2.05, 4.69) is 0 Å². The van der Waals surface area contributed by atoms with Crippen LogP contribution in [0.4, 0.5) is 0 Å². The molecule has 0 bridgehead atoms. The molecule has 1 atom stereocenters. The standard InChI is InChI=1S/C13H15ClO4/c1-8(3-4-15)11-12(16)9(14)7-10-13(11)18-6-2-5-17-10/h4,7-8,16H,2-3,5-6H2,1H3. The number of benzene rings is 1. The molecule has 1 aromatic rings. The molecule has 1 N–H and O–H groups in total. The van der Waals surface area contributed by atoms with Crippen LogP contribution in [0.2, 0.25) is 5.02 Å². The summed E-state index contributed by atoms with van der Waals surface area (Å²) in [6.07, 6.45) is 1.88. The number of aromatic hydroxyl groups is 1. The van der Waals surface area contributed by atoms with Gasteiger partial charge in [0.25, 0.3) is 0 Å². The molecule has 98 valence electrons. The lowest BCUT2D eigenvalue weighted by Crippen LogP contribution is -2.02. The topological polar surface area (TPSA) is 55.8 Å². The number of rotatable bonds is 3. The summed E-state index contributed by atoms with van der Waals surface area (Å²) in [7, 11) is 0. The summed E-state index contributed by atoms with van der Waals surface area (Å²) in [5, 5.41) is 10.3. The molecule has 1 aliphatic heterocycles. The minimum atomic E-state index is -0.170. The molecule has 0 radical (unpaired) electrons. The Labute approximate surface area is 110 Å². The van der Waals surface area contributed by atoms with Crippen LogP contribution >= 0.6 is 11.6 Å². The summed E-state index contributed by atoms with van der Waals surface area (Å²) in [6, 6.07) is 1.55. The summed E-state index contributed by atoms with van der Waals surface area (Å²) >= 11 is 5.97. The number of hydrogen-bond acceptors (Lipinski definition) is 4. The van der Waals surface area contributed by atoms with Crippen molar-refractivity contribution in [2.75, 3.05) is 13.2 Å². The van der Waals surface area contributed by atoms with E-state index in [-0.39, 0.29) is 16.7 Å². The zero-order valence-corrected chi connectivity index (χ0v) is 10.9. The van der Waals surface area contributed by atoms with Gasteiger partial charge in [-0.25, -0.2) is 0 Å². The lowest BCUT2D eigenvalue weighted by molar-refractivity contribution is -0.108. The van der Waals surface area contributed by atoms with Gasteiger partial charge in [0.15, 0.2) is 11.5 Å². The Kier molecular flexibility index (Phi) is 3.97. The summed E-state index contributed by atoms with van der Waals surface area (Å²) in [4.78, 5) is 10.6. The monoisotopic (exact) mass is 270 g/mol. The van der Waals surface area contributed by atoms with Crippen molar-refractivity contribution in [3.05, 3.63) is 16.7 Å². The molecule has 1 unspecified atom stereocenters. The predicted molar refractivity (Wildman–Crippen MR) is 67.8 cm³/mol. The Bertz CT molecular complexity index is 459. The Balaban J connectivity index is 2.53. The summed E-state index contributed by atoms with van der Waals surface area (Å²) in [5.74, 6) is 0.832. The predicted octanol–water partition coefficient (Wildman–Crippen LogP) is 2.90. The third kappa shape index (κ3) is 2.38. The van der Waals surface area contributed by atoms with E-state index in [1.807, 2.05) is 6.92 Å². The highest BCUT2D eigenvalue weighted by atomic mass is 35.5. The second kappa shape index (κ2) is 5.48. The van der Waals surface area contributed by atoms with Crippen molar-refractivity contribution in [3.8, 4) is 17.2 Å². The first-order valence-electron chi connectivity index (χ1n) is 5.89. The number of phenols is 1. The summed E-state index contributed by atoms with van der Waals surface area (Å²) < 4.78 is 11.2. The molecular weight excluding hydrogens is 256 g/mol. The number of carbonyl (C=O) groups excluding carboxylic acids is 1. The Morgan fingerprint density at radius 3 is 2.94 bits per heavy atom. The maximum absolute atomic E-state index is 10.6. The molecule has 2 rings (SSSR count). The van der Waals surface area contributed by atoms with Gasteiger partial charge in [-0.05, 0) is 5.92 Å². The quantitative estimate of drug-likeness (QED) is 0.858. The molecule has 5 heteroatoms. The SMILES string of the molecule is CC(CC=O)c1c(O)c(Cl)cc2c1OCCCO2. The van der Waals surface area contributed by atoms with Crippen molar-refractivity contribution in [2.45, 2.75) is 25.7 Å². The van der Waals surface area contributed by atoms with Crippen LogP contribution in [-0.4, -0.2) is 24.6 Å². The zero-order chi connectivity index (χ0) is 13.1. The molecule has 0 saturated heterocycles. The van der Waals surface area contributed by atoms with Gasteiger partial charge in [0.2, 0.25) is 0 Å². The van der Waals surface area contributed by atoms with Crippen LogP contribution in [0.25, 0.3) is 0 Å². The number of halogens is 1. The fourth-order valence-corrected chi connectivity index (χ4v) is 2.21. The van der Waals surface area contributed by atoms with Gasteiger partial charge in [-0.15, -0.1) is 0 Å². The van der Waals surface area contributed by atoms with Gasteiger partial charge in [0, 0.05) is 24.5 Å². The molecule has 1 aromatic carbocycles. The van der Waals surface area contributed by atoms with E-state index in [4.69, 9.17) is 21.1 Å². The minimum absolute atomic E-state index is 0.0322. The minimum Gasteiger partial charge on any atom is -0.506 e. The average molecular weight is 271 g/mol. The smallest absolute Gasteiger partial charge is 0.168 e. The molecule has 4 nitrogen and oxygen atoms in total. The fourth-order valence-electron chi connectivity index (χ4n) is 2.01. The van der Waals surface area contributed by atoms with Gasteiger partial charge in [-0.3, -0.25) is 0 Å². The second-order valence-corrected chi connectivity index (χ2v) is 4.71. The number of aldehydes is 1. The number of phenolic OH excluding ortho intramolecular Hbond substituents is 1. The van der Waals surface area contributed by atoms with Crippen LogP contribution in [0.15, 0.2) is 6.07 Å². The van der Waals surface area contributed by atoms with E-state index in [1.54, 1.807) is 6.07 Å². The number of fused-ring (bicyclic) bond motifs is 1. The van der Waals surface area contributed by atoms with Crippen molar-refractivity contribution in [2.24, 2.45) is 0 Å². The lowest BCUT2D eigenvalue weighted by Gasteiger charge is -2.18. The van der Waals surface area contributed by atoms with Gasteiger partial charge < -0.3 is 19.4 Å². The third-order valence-electron chi connectivity index (χ3n) is 2.94. The lowest BCUT2D eigenvalue weighted by atomic mass is 9.96. The molecule has 0 aliphatic carbocycles. The first-order valence-corrected chi connectivity index (χ1v) is 6.27. The van der Waals surface area contributed by atoms with Gasteiger partial charge in [-0.1, -0.05) is 18.5 Å². The Morgan fingerprint density at radius 1 is 1.50 bits per heavy atom. The Hall–Kier alpha value is -1.42. The van der Waals surface area contributed by atoms with Gasteiger partial charge in [-0.2, -0.15) is 0 Å². The second-order valence-electron chi connectivity index (χ2n) is 4.30. The molecule has 1 aliphatic rings. The number of carbonyl (C=O) groups is 1. The molecule has 0 amide bonds. The average Bonchev–Trinajstić information content (AvgIpc) is 2.56. The van der Waals surface area contributed by atoms with Gasteiger partial charge >= 0.3 is 0 Å². The number of ether oxygens (including phenoxy) is 2. The number of hydrogen-bond donors (Lipinski definition) is 1. The summed E-state index contributed by atoms with van der Waals surface area (Å²) in [5.41, 5.74) is 0.548. The molecule has 18 heavy (non-hydrogen) atoms. The van der Waals surface area contributed by atoms with Crippen LogP contribution in [0, 0.1) is 0 Å². The zero-order valence-electron chi connectivity index (χ0n) is 10.1. The van der Waals surface area contributed by atoms with Gasteiger partial charge in [0.05, 0.1) is 18.2 Å². The molecule has 1 heterocycles. The highest BCUT2D eigenvalue weighted by Crippen LogP contribution is 2.47. The maximum atomic E-state index is 10.6. The van der Waals surface area contributed by atoms with E-state index >= 15 is 0 Å². The largest absolute Gasteiger partial charge is 0.506 e. The van der Waals surface area contributed by atoms with Crippen molar-refractivity contribution >= 4 is 17.9 Å². The van der Waals surface area contributed by atoms with Crippen molar-refractivity contribution in [3.63, 3.8) is 0 Å². The summed E-state index contributed by atoms with van der Waals surface area (Å²) in [6.45, 7) is 2.92. The first-order chi connectivity index (χ1) is 8.65. The Morgan fingerprint density at radius 2 is 2.22 bits per heavy atom. The highest BCUT2D eigenvalue weighted by Gasteiger charge is 2.24. The van der Waals surface area contributed by atoms with Crippen LogP contribution in [0.3, 0.4) is 0 Å². The van der Waals surface area contributed by atoms with Crippen molar-refractivity contribution in [1.29, 1.82) is 0 Å². The molecular formula is C13H15ClO4. The van der Waals surface area contributed by atoms with Gasteiger partial charge in [0.1, 0.15) is 12.0 Å². The third-order valence-corrected chi connectivity index (χ3v) is 3.23. The van der Waals surface area contributed by atoms with Crippen LogP contribution in [-0.2, 0) is 4.79 Å². The van der Waals surface area contributed by atoms with Crippen LogP contribution in [0.5, 0.6) is 17.2 Å². The molecule has 0 fully saturated rings. The van der Waals surface area contributed by atoms with Crippen molar-refractivity contribution < 1.29 is 19.4 Å². The van der Waals surface area contributed by atoms with Crippen LogP contribution < -0.4 is 9.47 Å². The van der Waals surface area contributed by atoms with E-state index in [1.165, 1.54) is 0 Å². The van der Waals surface area contributed by atoms with Crippen LogP contribution in [0.1, 0.15) is 31.2 Å². The molecule has 0 saturated carbocycles. The first kappa shape index (κ1) is 13.0. The van der Waals surface area contributed by atoms with E-state index < -0.39 is 0 Å². The van der Waals surface area contributed by atoms with E-state index in [0.717, 1.165) is 12.7 Å². The fraction of sp³-hybridized carbons (Fsp3) is 0.462. The van der Waals surface area contributed by atoms with E-state index in [9.17, 15) is 9.90 Å². The molecule has 0 spiro atoms. The van der Waals surface area contributed by atoms with Crippen molar-refractivity contribution in [1.82, 2.24) is 0 Å². The van der Waals surface area contributed by atoms with E-state index in [0.29, 0.717) is 36.7 Å². The molecule has 0 aromatic heterocycles. The normalized spacial score (nSPS) is 15.9. The highest BCUT2D eigenvalue weighted by molar-refractivity contribution is 6.32.